The quantitative estimate of drug-likeness (QED) is 0.745. The lowest BCUT2D eigenvalue weighted by Crippen LogP contribution is -2.67. The SMILES string of the molecule is COc1ccc2c3c1O[C@H]1[C@@H](O)[C@@H](c4ccc(Br)cc4)CC4[C@@H](C2)N(C)CC[C@@]341. The summed E-state index contributed by atoms with van der Waals surface area (Å²) in [6, 6.07) is 13.2. The molecule has 2 fully saturated rings. The molecule has 6 rings (SSSR count). The van der Waals surface area contributed by atoms with Gasteiger partial charge in [0.25, 0.3) is 0 Å². The van der Waals surface area contributed by atoms with Crippen LogP contribution >= 0.6 is 15.9 Å². The zero-order chi connectivity index (χ0) is 19.9. The molecule has 4 aliphatic rings. The first-order valence-electron chi connectivity index (χ1n) is 10.6. The molecular weight excluding hydrogens is 430 g/mol. The average Bonchev–Trinajstić information content (AvgIpc) is 3.08. The van der Waals surface area contributed by atoms with Gasteiger partial charge in [-0.3, -0.25) is 0 Å². The number of halogens is 1. The molecule has 1 spiro atoms. The smallest absolute Gasteiger partial charge is 0.165 e. The second kappa shape index (κ2) is 6.22. The number of rotatable bonds is 2. The summed E-state index contributed by atoms with van der Waals surface area (Å²) in [4.78, 5) is 2.54. The van der Waals surface area contributed by atoms with Gasteiger partial charge < -0.3 is 19.5 Å². The summed E-state index contributed by atoms with van der Waals surface area (Å²) in [5.74, 6) is 2.25. The van der Waals surface area contributed by atoms with Crippen LogP contribution < -0.4 is 9.47 Å². The molecule has 2 aromatic rings. The van der Waals surface area contributed by atoms with E-state index in [1.165, 1.54) is 16.7 Å². The summed E-state index contributed by atoms with van der Waals surface area (Å²) in [5, 5.41) is 11.6. The van der Waals surface area contributed by atoms with Gasteiger partial charge in [-0.1, -0.05) is 34.1 Å². The van der Waals surface area contributed by atoms with Gasteiger partial charge in [-0.05, 0) is 68.1 Å². The molecule has 2 bridgehead atoms. The third kappa shape index (κ3) is 2.27. The number of hydrogen-bond acceptors (Lipinski definition) is 4. The van der Waals surface area contributed by atoms with Crippen molar-refractivity contribution >= 4 is 15.9 Å². The fourth-order valence-electron chi connectivity index (χ4n) is 6.90. The van der Waals surface area contributed by atoms with Gasteiger partial charge in [-0.25, -0.2) is 0 Å². The Kier molecular flexibility index (Phi) is 3.91. The van der Waals surface area contributed by atoms with Gasteiger partial charge in [0.1, 0.15) is 6.10 Å². The van der Waals surface area contributed by atoms with Crippen LogP contribution in [0.4, 0.5) is 0 Å². The Balaban J connectivity index is 1.53. The Morgan fingerprint density at radius 2 is 2.00 bits per heavy atom. The van der Waals surface area contributed by atoms with E-state index in [2.05, 4.69) is 58.2 Å². The lowest BCUT2D eigenvalue weighted by atomic mass is 9.49. The van der Waals surface area contributed by atoms with Crippen molar-refractivity contribution < 1.29 is 14.6 Å². The number of aliphatic hydroxyl groups excluding tert-OH is 1. The number of hydrogen-bond donors (Lipinski definition) is 1. The third-order valence-electron chi connectivity index (χ3n) is 8.17. The monoisotopic (exact) mass is 455 g/mol. The molecule has 29 heavy (non-hydrogen) atoms. The zero-order valence-corrected chi connectivity index (χ0v) is 18.4. The fourth-order valence-corrected chi connectivity index (χ4v) is 7.16. The third-order valence-corrected chi connectivity index (χ3v) is 8.70. The Labute approximate surface area is 179 Å². The number of likely N-dealkylation sites (tertiary alicyclic amines) is 1. The molecule has 1 saturated heterocycles. The van der Waals surface area contributed by atoms with Gasteiger partial charge in [0, 0.05) is 27.4 Å². The van der Waals surface area contributed by atoms with Crippen molar-refractivity contribution in [2.45, 2.75) is 48.8 Å². The number of benzene rings is 2. The summed E-state index contributed by atoms with van der Waals surface area (Å²) in [6.45, 7) is 1.05. The van der Waals surface area contributed by atoms with Crippen molar-refractivity contribution in [2.75, 3.05) is 20.7 Å². The summed E-state index contributed by atoms with van der Waals surface area (Å²) < 4.78 is 13.4. The van der Waals surface area contributed by atoms with Crippen molar-refractivity contribution in [1.29, 1.82) is 0 Å². The highest BCUT2D eigenvalue weighted by Crippen LogP contribution is 2.65. The maximum absolute atomic E-state index is 11.6. The maximum Gasteiger partial charge on any atom is 0.165 e. The second-order valence-corrected chi connectivity index (χ2v) is 10.1. The molecule has 1 N–H and O–H groups in total. The minimum absolute atomic E-state index is 0.0853. The summed E-state index contributed by atoms with van der Waals surface area (Å²) in [7, 11) is 3.97. The predicted molar refractivity (Wildman–Crippen MR) is 115 cm³/mol. The molecule has 0 aromatic heterocycles. The molecule has 2 aromatic carbocycles. The standard InChI is InChI=1S/C24H26BrNO3/c1-26-10-9-24-17-12-16(13-3-6-15(25)7-4-13)21(27)23(24)29-22-19(28-2)8-5-14(20(22)24)11-18(17)26/h3-8,16-18,21,23,27H,9-12H2,1-2H3/t16-,17?,18-,21+,23+,24+/m1/s1. The predicted octanol–water partition coefficient (Wildman–Crippen LogP) is 3.88. The van der Waals surface area contributed by atoms with Gasteiger partial charge in [-0.2, -0.15) is 0 Å². The summed E-state index contributed by atoms with van der Waals surface area (Å²) in [5.41, 5.74) is 3.82. The first-order chi connectivity index (χ1) is 14.0. The minimum atomic E-state index is -0.528. The van der Waals surface area contributed by atoms with E-state index in [4.69, 9.17) is 9.47 Å². The Hall–Kier alpha value is -1.56. The highest BCUT2D eigenvalue weighted by Gasteiger charge is 2.67. The first-order valence-corrected chi connectivity index (χ1v) is 11.3. The van der Waals surface area contributed by atoms with Crippen LogP contribution in [0, 0.1) is 5.92 Å². The van der Waals surface area contributed by atoms with Crippen LogP contribution in [0.2, 0.25) is 0 Å². The molecule has 4 nitrogen and oxygen atoms in total. The van der Waals surface area contributed by atoms with E-state index in [9.17, 15) is 5.11 Å². The van der Waals surface area contributed by atoms with E-state index >= 15 is 0 Å². The van der Waals surface area contributed by atoms with Gasteiger partial charge in [-0.15, -0.1) is 0 Å². The summed E-state index contributed by atoms with van der Waals surface area (Å²) in [6.07, 6.45) is 2.34. The number of nitrogens with zero attached hydrogens (tertiary/aromatic N) is 1. The Bertz CT molecular complexity index is 977. The maximum atomic E-state index is 11.6. The average molecular weight is 456 g/mol. The van der Waals surface area contributed by atoms with Crippen molar-refractivity contribution in [3.05, 3.63) is 57.6 Å². The summed E-state index contributed by atoms with van der Waals surface area (Å²) >= 11 is 3.54. The second-order valence-electron chi connectivity index (χ2n) is 9.20. The normalized spacial score (nSPS) is 37.0. The number of likely N-dealkylation sites (N-methyl/N-ethyl adjacent to an activating group) is 1. The van der Waals surface area contributed by atoms with E-state index < -0.39 is 6.10 Å². The number of piperidine rings is 1. The molecule has 1 unspecified atom stereocenters. The van der Waals surface area contributed by atoms with Crippen LogP contribution in [-0.2, 0) is 11.8 Å². The van der Waals surface area contributed by atoms with Crippen molar-refractivity contribution in [3.8, 4) is 11.5 Å². The molecule has 5 heteroatoms. The minimum Gasteiger partial charge on any atom is -0.493 e. The fraction of sp³-hybridized carbons (Fsp3) is 0.500. The number of methoxy groups -OCH3 is 1. The van der Waals surface area contributed by atoms with Gasteiger partial charge in [0.2, 0.25) is 0 Å². The van der Waals surface area contributed by atoms with Gasteiger partial charge in [0.05, 0.1) is 13.2 Å². The van der Waals surface area contributed by atoms with Gasteiger partial charge >= 0.3 is 0 Å². The molecule has 2 aliphatic heterocycles. The molecule has 2 aliphatic carbocycles. The van der Waals surface area contributed by atoms with E-state index in [1.807, 2.05) is 6.07 Å². The van der Waals surface area contributed by atoms with Crippen molar-refractivity contribution in [1.82, 2.24) is 4.90 Å². The molecule has 1 saturated carbocycles. The number of aliphatic hydroxyl groups is 1. The van der Waals surface area contributed by atoms with Crippen LogP contribution in [0.15, 0.2) is 40.9 Å². The zero-order valence-electron chi connectivity index (χ0n) is 16.8. The van der Waals surface area contributed by atoms with Crippen LogP contribution in [-0.4, -0.2) is 49.0 Å². The highest BCUT2D eigenvalue weighted by molar-refractivity contribution is 9.10. The highest BCUT2D eigenvalue weighted by atomic mass is 79.9. The topological polar surface area (TPSA) is 41.9 Å². The van der Waals surface area contributed by atoms with Crippen LogP contribution in [0.5, 0.6) is 11.5 Å². The van der Waals surface area contributed by atoms with Gasteiger partial charge in [0.15, 0.2) is 11.5 Å². The Morgan fingerprint density at radius 3 is 2.76 bits per heavy atom. The Morgan fingerprint density at radius 1 is 1.21 bits per heavy atom. The molecular formula is C24H26BrNO3. The number of ether oxygens (including phenoxy) is 2. The van der Waals surface area contributed by atoms with E-state index in [0.29, 0.717) is 12.0 Å². The van der Waals surface area contributed by atoms with E-state index in [1.54, 1.807) is 7.11 Å². The molecule has 152 valence electrons. The molecule has 0 amide bonds. The van der Waals surface area contributed by atoms with Crippen LogP contribution in [0.25, 0.3) is 0 Å². The molecule has 6 atom stereocenters. The molecule has 2 heterocycles. The van der Waals surface area contributed by atoms with E-state index in [-0.39, 0.29) is 17.4 Å². The van der Waals surface area contributed by atoms with Crippen molar-refractivity contribution in [3.63, 3.8) is 0 Å². The van der Waals surface area contributed by atoms with Crippen LogP contribution in [0.1, 0.15) is 35.4 Å². The lowest BCUT2D eigenvalue weighted by molar-refractivity contribution is -0.110. The van der Waals surface area contributed by atoms with E-state index in [0.717, 1.165) is 41.8 Å². The lowest BCUT2D eigenvalue weighted by Gasteiger charge is -2.60. The molecule has 0 radical (unpaired) electrons. The van der Waals surface area contributed by atoms with Crippen LogP contribution in [0.3, 0.4) is 0 Å². The first kappa shape index (κ1) is 18.2. The van der Waals surface area contributed by atoms with Crippen molar-refractivity contribution in [2.24, 2.45) is 5.92 Å². The largest absolute Gasteiger partial charge is 0.493 e.